The Balaban J connectivity index is 1.26. The largest absolute Gasteiger partial charge is 0.465 e. The molecule has 35 heavy (non-hydrogen) atoms. The van der Waals surface area contributed by atoms with Crippen molar-refractivity contribution >= 4 is 62.7 Å². The second kappa shape index (κ2) is 10.8. The molecule has 2 amide bonds. The van der Waals surface area contributed by atoms with Crippen molar-refractivity contribution in [1.82, 2.24) is 9.88 Å². The highest BCUT2D eigenvalue weighted by atomic mass is 32.2. The highest BCUT2D eigenvalue weighted by molar-refractivity contribution is 8.26. The maximum Gasteiger partial charge on any atom is 0.416 e. The first-order valence-corrected chi connectivity index (χ1v) is 12.4. The fraction of sp³-hybridized carbons (Fsp3) is 0.217. The van der Waals surface area contributed by atoms with Crippen molar-refractivity contribution in [1.29, 1.82) is 0 Å². The lowest BCUT2D eigenvalue weighted by Crippen LogP contribution is -2.29. The van der Waals surface area contributed by atoms with Crippen LogP contribution in [0.15, 0.2) is 58.2 Å². The zero-order chi connectivity index (χ0) is 25.0. The van der Waals surface area contributed by atoms with Crippen LogP contribution < -0.4 is 5.32 Å². The molecule has 182 valence electrons. The molecule has 0 atom stereocenters. The number of thiocarbonyl (C=S) groups is 1. The highest BCUT2D eigenvalue weighted by Gasteiger charge is 2.32. The minimum absolute atomic E-state index is 0.150. The van der Waals surface area contributed by atoms with Gasteiger partial charge in [-0.1, -0.05) is 42.2 Å². The lowest BCUT2D eigenvalue weighted by molar-refractivity contribution is -0.137. The van der Waals surface area contributed by atoms with Gasteiger partial charge in [-0.05, 0) is 30.2 Å². The van der Waals surface area contributed by atoms with Gasteiger partial charge in [0.15, 0.2) is 5.13 Å². The van der Waals surface area contributed by atoms with Gasteiger partial charge in [-0.3, -0.25) is 14.5 Å². The number of nitrogens with zero attached hydrogens (tertiary/aromatic N) is 2. The van der Waals surface area contributed by atoms with Gasteiger partial charge in [0.05, 0.1) is 16.7 Å². The number of hydrogen-bond donors (Lipinski definition) is 1. The first-order chi connectivity index (χ1) is 16.7. The van der Waals surface area contributed by atoms with Gasteiger partial charge in [-0.2, -0.15) is 13.2 Å². The van der Waals surface area contributed by atoms with E-state index in [2.05, 4.69) is 10.3 Å². The van der Waals surface area contributed by atoms with Crippen molar-refractivity contribution in [3.05, 3.63) is 75.5 Å². The molecule has 3 aromatic rings. The maximum absolute atomic E-state index is 12.9. The lowest BCUT2D eigenvalue weighted by Gasteiger charge is -2.13. The number of amides is 2. The van der Waals surface area contributed by atoms with Crippen LogP contribution in [-0.4, -0.2) is 32.6 Å². The molecule has 4 rings (SSSR count). The summed E-state index contributed by atoms with van der Waals surface area (Å²) in [5.41, 5.74) is -0.197. The Morgan fingerprint density at radius 3 is 2.83 bits per heavy atom. The van der Waals surface area contributed by atoms with E-state index in [1.807, 2.05) is 0 Å². The number of halogens is 3. The summed E-state index contributed by atoms with van der Waals surface area (Å²) in [6.07, 6.45) is 1.10. The number of alkyl halides is 3. The van der Waals surface area contributed by atoms with Gasteiger partial charge in [0.25, 0.3) is 5.91 Å². The summed E-state index contributed by atoms with van der Waals surface area (Å²) in [7, 11) is 0. The van der Waals surface area contributed by atoms with E-state index in [-0.39, 0.29) is 24.7 Å². The Morgan fingerprint density at radius 2 is 2.09 bits per heavy atom. The first kappa shape index (κ1) is 25.1. The average molecular weight is 538 g/mol. The molecule has 1 fully saturated rings. The van der Waals surface area contributed by atoms with Crippen molar-refractivity contribution in [2.45, 2.75) is 25.4 Å². The van der Waals surface area contributed by atoms with Gasteiger partial charge >= 0.3 is 6.18 Å². The Kier molecular flexibility index (Phi) is 7.72. The summed E-state index contributed by atoms with van der Waals surface area (Å²) in [6.45, 7) is 0.298. The maximum atomic E-state index is 12.9. The molecule has 0 saturated carbocycles. The number of thiazole rings is 1. The number of thioether (sulfide) groups is 1. The van der Waals surface area contributed by atoms with E-state index in [4.69, 9.17) is 16.6 Å². The van der Waals surface area contributed by atoms with Gasteiger partial charge in [-0.25, -0.2) is 4.98 Å². The number of furan rings is 1. The number of hydrogen-bond acceptors (Lipinski definition) is 7. The molecule has 0 unspecified atom stereocenters. The van der Waals surface area contributed by atoms with Crippen LogP contribution in [0.5, 0.6) is 0 Å². The number of rotatable bonds is 8. The minimum atomic E-state index is -4.40. The third-order valence-electron chi connectivity index (χ3n) is 4.91. The molecule has 3 heterocycles. The topological polar surface area (TPSA) is 75.4 Å². The fourth-order valence-electron chi connectivity index (χ4n) is 3.28. The van der Waals surface area contributed by atoms with E-state index in [0.717, 1.165) is 17.0 Å². The van der Waals surface area contributed by atoms with Crippen LogP contribution in [0.25, 0.3) is 6.08 Å². The molecule has 1 aliphatic rings. The molecular weight excluding hydrogens is 519 g/mol. The smallest absolute Gasteiger partial charge is 0.416 e. The fourth-order valence-corrected chi connectivity index (χ4v) is 5.43. The molecule has 0 aliphatic carbocycles. The molecular formula is C23H18F3N3O3S3. The van der Waals surface area contributed by atoms with Crippen LogP contribution in [0.4, 0.5) is 18.3 Å². The van der Waals surface area contributed by atoms with Crippen LogP contribution in [0.2, 0.25) is 0 Å². The third kappa shape index (κ3) is 6.59. The normalized spacial score (nSPS) is 15.3. The van der Waals surface area contributed by atoms with Crippen molar-refractivity contribution in [2.75, 3.05) is 11.9 Å². The minimum Gasteiger partial charge on any atom is -0.465 e. The summed E-state index contributed by atoms with van der Waals surface area (Å²) < 4.78 is 44.4. The van der Waals surface area contributed by atoms with Crippen molar-refractivity contribution in [2.24, 2.45) is 0 Å². The number of carbonyl (C=O) groups is 2. The SMILES string of the molecule is O=C(CCCN1C(=O)/C(=C\c2ccco2)SC1=S)Nc1ncc(Cc2cccc(C(F)(F)F)c2)s1. The van der Waals surface area contributed by atoms with Gasteiger partial charge in [-0.15, -0.1) is 11.3 Å². The predicted octanol–water partition coefficient (Wildman–Crippen LogP) is 5.97. The molecule has 1 aromatic carbocycles. The molecule has 1 saturated heterocycles. The molecule has 0 bridgehead atoms. The molecule has 6 nitrogen and oxygen atoms in total. The number of nitrogens with one attached hydrogen (secondary N) is 1. The number of anilines is 1. The van der Waals surface area contributed by atoms with Crippen molar-refractivity contribution in [3.63, 3.8) is 0 Å². The number of benzene rings is 1. The van der Waals surface area contributed by atoms with Crippen LogP contribution >= 0.6 is 35.3 Å². The van der Waals surface area contributed by atoms with E-state index < -0.39 is 11.7 Å². The first-order valence-electron chi connectivity index (χ1n) is 10.4. The van der Waals surface area contributed by atoms with E-state index >= 15 is 0 Å². The molecule has 12 heteroatoms. The second-order valence-electron chi connectivity index (χ2n) is 7.51. The molecule has 0 spiro atoms. The van der Waals surface area contributed by atoms with E-state index in [1.165, 1.54) is 46.5 Å². The zero-order valence-corrected chi connectivity index (χ0v) is 20.5. The Morgan fingerprint density at radius 1 is 1.26 bits per heavy atom. The monoisotopic (exact) mass is 537 g/mol. The number of aromatic nitrogens is 1. The summed E-state index contributed by atoms with van der Waals surface area (Å²) in [6, 6.07) is 8.58. The van der Waals surface area contributed by atoms with Crippen LogP contribution in [0.3, 0.4) is 0 Å². The quantitative estimate of drug-likeness (QED) is 0.282. The number of carbonyl (C=O) groups excluding carboxylic acids is 2. The lowest BCUT2D eigenvalue weighted by atomic mass is 10.1. The highest BCUT2D eigenvalue weighted by Crippen LogP contribution is 2.33. The summed E-state index contributed by atoms with van der Waals surface area (Å²) >= 11 is 7.67. The van der Waals surface area contributed by atoms with Gasteiger partial charge in [0.2, 0.25) is 5.91 Å². The average Bonchev–Trinajstić information content (AvgIpc) is 3.52. The summed E-state index contributed by atoms with van der Waals surface area (Å²) in [4.78, 5) is 31.7. The standard InChI is InChI=1S/C23H18F3N3O3S3/c24-23(25,26)15-5-1-4-14(10-15)11-17-13-27-21(34-17)28-19(30)7-2-8-29-20(31)18(35-22(29)33)12-16-6-3-9-32-16/h1,3-6,9-10,12-13H,2,7-8,11H2,(H,27,28,30)/b18-12+. The molecule has 1 N–H and O–H groups in total. The third-order valence-corrected chi connectivity index (χ3v) is 7.20. The predicted molar refractivity (Wildman–Crippen MR) is 133 cm³/mol. The molecule has 1 aliphatic heterocycles. The molecule has 0 radical (unpaired) electrons. The van der Waals surface area contributed by atoms with Crippen LogP contribution in [0.1, 0.15) is 34.6 Å². The van der Waals surface area contributed by atoms with Gasteiger partial charge in [0, 0.05) is 36.5 Å². The van der Waals surface area contributed by atoms with Crippen LogP contribution in [-0.2, 0) is 22.2 Å². The zero-order valence-electron chi connectivity index (χ0n) is 18.0. The van der Waals surface area contributed by atoms with Gasteiger partial charge in [0.1, 0.15) is 10.1 Å². The summed E-state index contributed by atoms with van der Waals surface area (Å²) in [5.74, 6) is 0.0539. The van der Waals surface area contributed by atoms with Crippen LogP contribution in [0, 0.1) is 0 Å². The van der Waals surface area contributed by atoms with Crippen molar-refractivity contribution < 1.29 is 27.2 Å². The second-order valence-corrected chi connectivity index (χ2v) is 10.3. The van der Waals surface area contributed by atoms with E-state index in [0.29, 0.717) is 38.6 Å². The van der Waals surface area contributed by atoms with E-state index in [9.17, 15) is 22.8 Å². The Hall–Kier alpha value is -2.96. The summed E-state index contributed by atoms with van der Waals surface area (Å²) in [5, 5.41) is 3.06. The Labute approximate surface area is 212 Å². The van der Waals surface area contributed by atoms with E-state index in [1.54, 1.807) is 24.3 Å². The van der Waals surface area contributed by atoms with Crippen molar-refractivity contribution in [3.8, 4) is 0 Å². The molecule has 2 aromatic heterocycles. The van der Waals surface area contributed by atoms with Gasteiger partial charge < -0.3 is 9.73 Å². The Bertz CT molecular complexity index is 1270.